The summed E-state index contributed by atoms with van der Waals surface area (Å²) < 4.78 is 28.7. The Hall–Kier alpha value is -3.34. The van der Waals surface area contributed by atoms with Gasteiger partial charge in [-0.15, -0.1) is 0 Å². The molecular formula is C19H19FN2O5. The Morgan fingerprint density at radius 2 is 1.85 bits per heavy atom. The van der Waals surface area contributed by atoms with E-state index in [0.717, 1.165) is 0 Å². The lowest BCUT2D eigenvalue weighted by molar-refractivity contribution is -0.143. The van der Waals surface area contributed by atoms with Gasteiger partial charge in [0.25, 0.3) is 0 Å². The second kappa shape index (κ2) is 8.85. The molecule has 8 heteroatoms. The lowest BCUT2D eigenvalue weighted by Crippen LogP contribution is -2.27. The minimum absolute atomic E-state index is 0.0303. The van der Waals surface area contributed by atoms with E-state index in [-0.39, 0.29) is 42.4 Å². The Kier molecular flexibility index (Phi) is 6.55. The Morgan fingerprint density at radius 3 is 2.41 bits per heavy atom. The number of nitriles is 1. The first-order valence-electron chi connectivity index (χ1n) is 8.31. The van der Waals surface area contributed by atoms with E-state index in [1.54, 1.807) is 13.8 Å². The van der Waals surface area contributed by atoms with Gasteiger partial charge in [-0.1, -0.05) is 12.1 Å². The lowest BCUT2D eigenvalue weighted by Gasteiger charge is -2.27. The third-order valence-electron chi connectivity index (χ3n) is 3.81. The number of esters is 2. The summed E-state index contributed by atoms with van der Waals surface area (Å²) in [5.74, 6) is -3.11. The van der Waals surface area contributed by atoms with Crippen molar-refractivity contribution in [1.82, 2.24) is 0 Å². The van der Waals surface area contributed by atoms with Gasteiger partial charge in [0.15, 0.2) is 0 Å². The Balaban J connectivity index is 2.62. The monoisotopic (exact) mass is 374 g/mol. The number of ether oxygens (including phenoxy) is 3. The van der Waals surface area contributed by atoms with Crippen LogP contribution in [-0.2, 0) is 23.8 Å². The summed E-state index contributed by atoms with van der Waals surface area (Å²) in [4.78, 5) is 24.5. The van der Waals surface area contributed by atoms with Crippen LogP contribution in [0.5, 0.6) is 0 Å². The van der Waals surface area contributed by atoms with E-state index in [2.05, 4.69) is 0 Å². The molecule has 0 spiro atoms. The molecule has 0 saturated carbocycles. The molecule has 7 nitrogen and oxygen atoms in total. The lowest BCUT2D eigenvalue weighted by atomic mass is 9.82. The van der Waals surface area contributed by atoms with Gasteiger partial charge in [-0.25, -0.2) is 9.18 Å². The van der Waals surface area contributed by atoms with Gasteiger partial charge in [-0.2, -0.15) is 5.26 Å². The summed E-state index contributed by atoms with van der Waals surface area (Å²) in [6, 6.07) is 7.17. The molecule has 2 N–H and O–H groups in total. The van der Waals surface area contributed by atoms with Crippen LogP contribution in [0.1, 0.15) is 31.7 Å². The molecule has 0 fully saturated rings. The van der Waals surface area contributed by atoms with Gasteiger partial charge >= 0.3 is 11.9 Å². The first-order valence-corrected chi connectivity index (χ1v) is 8.31. The summed E-state index contributed by atoms with van der Waals surface area (Å²) in [7, 11) is 0. The largest absolute Gasteiger partial charge is 0.466 e. The van der Waals surface area contributed by atoms with Crippen LogP contribution in [0.15, 0.2) is 47.1 Å². The molecule has 1 aliphatic heterocycles. The molecule has 0 unspecified atom stereocenters. The molecule has 1 atom stereocenters. The molecule has 1 heterocycles. The van der Waals surface area contributed by atoms with Crippen molar-refractivity contribution in [1.29, 1.82) is 5.26 Å². The zero-order valence-electron chi connectivity index (χ0n) is 15.0. The zero-order chi connectivity index (χ0) is 20.0. The molecule has 0 saturated heterocycles. The molecule has 27 heavy (non-hydrogen) atoms. The summed E-state index contributed by atoms with van der Waals surface area (Å²) in [6.45, 7) is 3.49. The van der Waals surface area contributed by atoms with Crippen LogP contribution in [0.4, 0.5) is 4.39 Å². The van der Waals surface area contributed by atoms with E-state index in [0.29, 0.717) is 5.56 Å². The predicted octanol–water partition coefficient (Wildman–Crippen LogP) is 2.40. The highest BCUT2D eigenvalue weighted by Crippen LogP contribution is 2.40. The molecule has 2 rings (SSSR count). The Morgan fingerprint density at radius 1 is 1.22 bits per heavy atom. The second-order valence-electron chi connectivity index (χ2n) is 5.52. The Labute approximate surface area is 155 Å². The van der Waals surface area contributed by atoms with E-state index >= 15 is 0 Å². The zero-order valence-corrected chi connectivity index (χ0v) is 15.0. The quantitative estimate of drug-likeness (QED) is 0.761. The minimum Gasteiger partial charge on any atom is -0.466 e. The number of allylic oxidation sites excluding steroid dienone is 1. The number of nitrogens with two attached hydrogens (primary N) is 1. The van der Waals surface area contributed by atoms with E-state index in [1.807, 2.05) is 6.07 Å². The molecule has 1 aliphatic rings. The highest BCUT2D eigenvalue weighted by Gasteiger charge is 2.38. The molecule has 0 radical (unpaired) electrons. The average molecular weight is 374 g/mol. The molecule has 0 aliphatic carbocycles. The number of benzene rings is 1. The van der Waals surface area contributed by atoms with Crippen molar-refractivity contribution < 1.29 is 28.2 Å². The standard InChI is InChI=1S/C19H19FN2O5/c1-3-25-15(23)9-14-17(19(24)26-4-2)16(13(10-21)18(22)27-14)11-5-7-12(20)8-6-11/h5-8,16H,3-4,9,22H2,1-2H3/t16-/m0/s1. The van der Waals surface area contributed by atoms with Crippen LogP contribution in [0, 0.1) is 17.1 Å². The number of carbonyl (C=O) groups excluding carboxylic acids is 2. The molecule has 0 amide bonds. The SMILES string of the molecule is CCOC(=O)CC1=C(C(=O)OCC)[C@@H](c2ccc(F)cc2)C(C#N)=C(N)O1. The summed E-state index contributed by atoms with van der Waals surface area (Å²) in [6.07, 6.45) is -0.362. The van der Waals surface area contributed by atoms with E-state index in [9.17, 15) is 19.2 Å². The van der Waals surface area contributed by atoms with Crippen LogP contribution >= 0.6 is 0 Å². The van der Waals surface area contributed by atoms with Crippen LogP contribution in [0.3, 0.4) is 0 Å². The van der Waals surface area contributed by atoms with Gasteiger partial charge in [0, 0.05) is 0 Å². The molecule has 1 aromatic rings. The van der Waals surface area contributed by atoms with Crippen molar-refractivity contribution in [2.24, 2.45) is 5.73 Å². The second-order valence-corrected chi connectivity index (χ2v) is 5.52. The first-order chi connectivity index (χ1) is 12.9. The van der Waals surface area contributed by atoms with Gasteiger partial charge in [0.1, 0.15) is 29.6 Å². The van der Waals surface area contributed by atoms with Crippen molar-refractivity contribution in [3.63, 3.8) is 0 Å². The maximum Gasteiger partial charge on any atom is 0.338 e. The fourth-order valence-corrected chi connectivity index (χ4v) is 2.71. The van der Waals surface area contributed by atoms with Gasteiger partial charge in [-0.05, 0) is 31.5 Å². The third-order valence-corrected chi connectivity index (χ3v) is 3.81. The number of hydrogen-bond donors (Lipinski definition) is 1. The fourth-order valence-electron chi connectivity index (χ4n) is 2.71. The summed E-state index contributed by atoms with van der Waals surface area (Å²) >= 11 is 0. The number of carbonyl (C=O) groups is 2. The first kappa shape index (κ1) is 20.0. The van der Waals surface area contributed by atoms with Crippen LogP contribution in [-0.4, -0.2) is 25.2 Å². The molecule has 142 valence electrons. The maximum absolute atomic E-state index is 13.3. The fraction of sp³-hybridized carbons (Fsp3) is 0.316. The highest BCUT2D eigenvalue weighted by molar-refractivity contribution is 5.93. The number of hydrogen-bond acceptors (Lipinski definition) is 7. The van der Waals surface area contributed by atoms with Crippen molar-refractivity contribution >= 4 is 11.9 Å². The molecular weight excluding hydrogens is 355 g/mol. The number of nitrogens with zero attached hydrogens (tertiary/aromatic N) is 1. The van der Waals surface area contributed by atoms with Crippen LogP contribution in [0.2, 0.25) is 0 Å². The van der Waals surface area contributed by atoms with Crippen LogP contribution < -0.4 is 5.73 Å². The van der Waals surface area contributed by atoms with Gasteiger partial charge < -0.3 is 19.9 Å². The number of halogens is 1. The number of rotatable bonds is 6. The summed E-state index contributed by atoms with van der Waals surface area (Å²) in [5.41, 5.74) is 6.21. The molecule has 1 aromatic carbocycles. The Bertz CT molecular complexity index is 837. The minimum atomic E-state index is -0.951. The molecule has 0 aromatic heterocycles. The van der Waals surface area contributed by atoms with E-state index < -0.39 is 23.7 Å². The van der Waals surface area contributed by atoms with E-state index in [1.165, 1.54) is 24.3 Å². The normalized spacial score (nSPS) is 16.4. The van der Waals surface area contributed by atoms with Crippen LogP contribution in [0.25, 0.3) is 0 Å². The maximum atomic E-state index is 13.3. The van der Waals surface area contributed by atoms with Gasteiger partial charge in [0.05, 0.1) is 24.7 Å². The summed E-state index contributed by atoms with van der Waals surface area (Å²) in [5, 5.41) is 9.52. The van der Waals surface area contributed by atoms with Crippen molar-refractivity contribution in [3.8, 4) is 6.07 Å². The molecule has 0 bridgehead atoms. The highest BCUT2D eigenvalue weighted by atomic mass is 19.1. The topological polar surface area (TPSA) is 112 Å². The van der Waals surface area contributed by atoms with Gasteiger partial charge in [-0.3, -0.25) is 4.79 Å². The van der Waals surface area contributed by atoms with Crippen molar-refractivity contribution in [2.75, 3.05) is 13.2 Å². The third kappa shape index (κ3) is 4.44. The predicted molar refractivity (Wildman–Crippen MR) is 92.0 cm³/mol. The van der Waals surface area contributed by atoms with Crippen molar-refractivity contribution in [2.45, 2.75) is 26.2 Å². The average Bonchev–Trinajstić information content (AvgIpc) is 2.62. The van der Waals surface area contributed by atoms with Gasteiger partial charge in [0.2, 0.25) is 5.88 Å². The van der Waals surface area contributed by atoms with Crippen molar-refractivity contribution in [3.05, 3.63) is 58.4 Å². The smallest absolute Gasteiger partial charge is 0.338 e. The van der Waals surface area contributed by atoms with E-state index in [4.69, 9.17) is 19.9 Å².